The summed E-state index contributed by atoms with van der Waals surface area (Å²) in [5.41, 5.74) is 2.27. The zero-order chi connectivity index (χ0) is 20.6. The number of benzene rings is 1. The van der Waals surface area contributed by atoms with Crippen molar-refractivity contribution in [2.45, 2.75) is 45.9 Å². The van der Waals surface area contributed by atoms with Gasteiger partial charge in [0.2, 0.25) is 0 Å². The fourth-order valence-electron chi connectivity index (χ4n) is 2.53. The van der Waals surface area contributed by atoms with Crippen LogP contribution in [-0.2, 0) is 17.3 Å². The summed E-state index contributed by atoms with van der Waals surface area (Å²) in [6.07, 6.45) is 0. The summed E-state index contributed by atoms with van der Waals surface area (Å²) in [5.74, 6) is 2.81. The van der Waals surface area contributed by atoms with E-state index in [4.69, 9.17) is 9.47 Å². The minimum Gasteiger partial charge on any atom is -0.493 e. The first kappa shape index (κ1) is 23.3. The van der Waals surface area contributed by atoms with Crippen LogP contribution >= 0.6 is 0 Å². The van der Waals surface area contributed by atoms with Crippen molar-refractivity contribution >= 4 is 16.8 Å². The summed E-state index contributed by atoms with van der Waals surface area (Å²) in [4.78, 5) is 6.72. The van der Waals surface area contributed by atoms with Crippen molar-refractivity contribution in [1.82, 2.24) is 10.2 Å². The van der Waals surface area contributed by atoms with Crippen molar-refractivity contribution < 1.29 is 13.7 Å². The molecule has 0 spiro atoms. The second kappa shape index (κ2) is 10.5. The van der Waals surface area contributed by atoms with Gasteiger partial charge in [0.25, 0.3) is 0 Å². The van der Waals surface area contributed by atoms with Crippen molar-refractivity contribution in [2.24, 2.45) is 4.99 Å². The third-order valence-corrected chi connectivity index (χ3v) is 6.09. The summed E-state index contributed by atoms with van der Waals surface area (Å²) in [6, 6.07) is 3.99. The summed E-state index contributed by atoms with van der Waals surface area (Å²) in [7, 11) is 4.37. The molecule has 7 heteroatoms. The Bertz CT molecular complexity index is 669. The van der Waals surface area contributed by atoms with Crippen molar-refractivity contribution in [3.8, 4) is 11.5 Å². The van der Waals surface area contributed by atoms with Crippen LogP contribution in [0.5, 0.6) is 11.5 Å². The van der Waals surface area contributed by atoms with E-state index in [0.29, 0.717) is 24.6 Å². The summed E-state index contributed by atoms with van der Waals surface area (Å²) in [5, 5.41) is 3.31. The molecular weight excluding hydrogens is 362 g/mol. The zero-order valence-electron chi connectivity index (χ0n) is 18.0. The first-order chi connectivity index (χ1) is 12.6. The number of nitrogens with one attached hydrogen (secondary N) is 1. The Kier molecular flexibility index (Phi) is 9.09. The van der Waals surface area contributed by atoms with Gasteiger partial charge in [0.1, 0.15) is 0 Å². The molecule has 1 N–H and O–H groups in total. The number of ether oxygens (including phenoxy) is 2. The number of aryl methyl sites for hydroxylation is 1. The molecule has 0 saturated carbocycles. The number of aliphatic imine (C=N–C) groups is 1. The molecule has 6 nitrogen and oxygen atoms in total. The number of rotatable bonds is 8. The molecule has 0 radical (unpaired) electrons. The van der Waals surface area contributed by atoms with E-state index in [1.165, 1.54) is 0 Å². The monoisotopic (exact) mass is 397 g/mol. The highest BCUT2D eigenvalue weighted by Gasteiger charge is 2.19. The molecular formula is C20H35N3O3S. The molecule has 154 valence electrons. The Morgan fingerprint density at radius 3 is 2.33 bits per heavy atom. The summed E-state index contributed by atoms with van der Waals surface area (Å²) < 4.78 is 22.8. The highest BCUT2D eigenvalue weighted by Crippen LogP contribution is 2.30. The lowest BCUT2D eigenvalue weighted by molar-refractivity contribution is 0.353. The number of methoxy groups -OCH3 is 2. The molecule has 0 aliphatic carbocycles. The van der Waals surface area contributed by atoms with E-state index in [1.807, 2.05) is 46.9 Å². The molecule has 1 atom stereocenters. The second-order valence-corrected chi connectivity index (χ2v) is 9.71. The van der Waals surface area contributed by atoms with Crippen LogP contribution in [0.15, 0.2) is 17.1 Å². The van der Waals surface area contributed by atoms with Gasteiger partial charge in [0.15, 0.2) is 17.5 Å². The second-order valence-electron chi connectivity index (χ2n) is 7.39. The van der Waals surface area contributed by atoms with Gasteiger partial charge in [-0.05, 0) is 57.9 Å². The molecule has 0 bridgehead atoms. The standard InChI is InChI=1S/C20H35N3O3S/c1-9-21-19(22-10-11-27(24)20(3,4)5)23(6)14-16-13-18(26-8)17(25-7)12-15(16)2/h12-13H,9-11,14H2,1-8H3,(H,21,22). The molecule has 0 saturated heterocycles. The molecule has 1 aromatic carbocycles. The Morgan fingerprint density at radius 1 is 1.22 bits per heavy atom. The smallest absolute Gasteiger partial charge is 0.193 e. The number of guanidine groups is 1. The first-order valence-electron chi connectivity index (χ1n) is 9.23. The fourth-order valence-corrected chi connectivity index (χ4v) is 3.40. The topological polar surface area (TPSA) is 63.2 Å². The van der Waals surface area contributed by atoms with E-state index >= 15 is 0 Å². The maximum Gasteiger partial charge on any atom is 0.193 e. The minimum absolute atomic E-state index is 0.212. The normalized spacial score (nSPS) is 13.3. The van der Waals surface area contributed by atoms with Gasteiger partial charge in [0, 0.05) is 41.4 Å². The van der Waals surface area contributed by atoms with E-state index in [-0.39, 0.29) is 4.75 Å². The van der Waals surface area contributed by atoms with E-state index in [1.54, 1.807) is 14.2 Å². The van der Waals surface area contributed by atoms with Crippen molar-refractivity contribution in [3.63, 3.8) is 0 Å². The minimum atomic E-state index is -0.904. The third kappa shape index (κ3) is 7.05. The average Bonchev–Trinajstić information content (AvgIpc) is 2.61. The highest BCUT2D eigenvalue weighted by atomic mass is 32.2. The molecule has 1 aromatic rings. The largest absolute Gasteiger partial charge is 0.493 e. The first-order valence-corrected chi connectivity index (χ1v) is 10.5. The van der Waals surface area contributed by atoms with Gasteiger partial charge in [-0.2, -0.15) is 0 Å². The van der Waals surface area contributed by atoms with Gasteiger partial charge in [-0.3, -0.25) is 9.20 Å². The molecule has 0 aromatic heterocycles. The van der Waals surface area contributed by atoms with Crippen molar-refractivity contribution in [3.05, 3.63) is 23.3 Å². The van der Waals surface area contributed by atoms with Crippen LogP contribution in [-0.4, -0.2) is 59.9 Å². The van der Waals surface area contributed by atoms with E-state index in [0.717, 1.165) is 29.4 Å². The van der Waals surface area contributed by atoms with Gasteiger partial charge in [-0.1, -0.05) is 0 Å². The SMILES string of the molecule is CCNC(=NCCS(=O)C(C)(C)C)N(C)Cc1cc(OC)c(OC)cc1C. The van der Waals surface area contributed by atoms with E-state index in [9.17, 15) is 4.21 Å². The molecule has 0 fully saturated rings. The van der Waals surface area contributed by atoms with Crippen LogP contribution in [0.3, 0.4) is 0 Å². The third-order valence-electron chi connectivity index (χ3n) is 4.17. The maximum atomic E-state index is 12.2. The molecule has 0 amide bonds. The lowest BCUT2D eigenvalue weighted by atomic mass is 10.1. The van der Waals surface area contributed by atoms with Gasteiger partial charge in [0.05, 0.1) is 20.8 Å². The number of hydrogen-bond donors (Lipinski definition) is 1. The Hall–Kier alpha value is -1.76. The highest BCUT2D eigenvalue weighted by molar-refractivity contribution is 7.86. The summed E-state index contributed by atoms with van der Waals surface area (Å²) >= 11 is 0. The lowest BCUT2D eigenvalue weighted by Crippen LogP contribution is -2.39. The molecule has 0 aliphatic heterocycles. The molecule has 1 unspecified atom stereocenters. The van der Waals surface area contributed by atoms with Crippen LogP contribution in [0.4, 0.5) is 0 Å². The quantitative estimate of drug-likeness (QED) is 0.540. The van der Waals surface area contributed by atoms with Gasteiger partial charge in [-0.15, -0.1) is 0 Å². The van der Waals surface area contributed by atoms with Gasteiger partial charge < -0.3 is 19.7 Å². The van der Waals surface area contributed by atoms with Gasteiger partial charge >= 0.3 is 0 Å². The number of nitrogens with zero attached hydrogens (tertiary/aromatic N) is 2. The Balaban J connectivity index is 2.91. The van der Waals surface area contributed by atoms with Crippen LogP contribution in [0.1, 0.15) is 38.8 Å². The molecule has 0 heterocycles. The van der Waals surface area contributed by atoms with E-state index < -0.39 is 10.8 Å². The Morgan fingerprint density at radius 2 is 1.81 bits per heavy atom. The maximum absolute atomic E-state index is 12.2. The fraction of sp³-hybridized carbons (Fsp3) is 0.650. The van der Waals surface area contributed by atoms with Crippen LogP contribution in [0, 0.1) is 6.92 Å². The zero-order valence-corrected chi connectivity index (χ0v) is 18.8. The lowest BCUT2D eigenvalue weighted by Gasteiger charge is -2.24. The van der Waals surface area contributed by atoms with Crippen LogP contribution in [0.25, 0.3) is 0 Å². The average molecular weight is 398 g/mol. The molecule has 1 rings (SSSR count). The van der Waals surface area contributed by atoms with Crippen molar-refractivity contribution in [2.75, 3.05) is 40.1 Å². The predicted molar refractivity (Wildman–Crippen MR) is 114 cm³/mol. The van der Waals surface area contributed by atoms with Crippen molar-refractivity contribution in [1.29, 1.82) is 0 Å². The van der Waals surface area contributed by atoms with E-state index in [2.05, 4.69) is 22.1 Å². The number of hydrogen-bond acceptors (Lipinski definition) is 4. The van der Waals surface area contributed by atoms with Crippen LogP contribution in [0.2, 0.25) is 0 Å². The van der Waals surface area contributed by atoms with Crippen LogP contribution < -0.4 is 14.8 Å². The molecule has 0 aliphatic rings. The molecule has 27 heavy (non-hydrogen) atoms. The summed E-state index contributed by atoms with van der Waals surface area (Å²) in [6.45, 7) is 12.1. The predicted octanol–water partition coefficient (Wildman–Crippen LogP) is 2.96. The Labute approximate surface area is 166 Å². The van der Waals surface area contributed by atoms with Gasteiger partial charge in [-0.25, -0.2) is 0 Å².